The van der Waals surface area contributed by atoms with Crippen LogP contribution in [0.25, 0.3) is 0 Å². The fourth-order valence-electron chi connectivity index (χ4n) is 2.39. The molecule has 0 heterocycles. The van der Waals surface area contributed by atoms with Crippen molar-refractivity contribution in [3.05, 3.63) is 70.3 Å². The fraction of sp³-hybridized carbons (Fsp3) is 0.278. The minimum Gasteiger partial charge on any atom is -0.294 e. The van der Waals surface area contributed by atoms with Gasteiger partial charge in [-0.25, -0.2) is 0 Å². The molecule has 2 aromatic rings. The summed E-state index contributed by atoms with van der Waals surface area (Å²) >= 11 is 0. The maximum atomic E-state index is 12.2. The molecule has 19 heavy (non-hydrogen) atoms. The van der Waals surface area contributed by atoms with E-state index in [0.29, 0.717) is 6.42 Å². The summed E-state index contributed by atoms with van der Waals surface area (Å²) in [4.78, 5) is 12.2. The molecule has 0 fully saturated rings. The van der Waals surface area contributed by atoms with Gasteiger partial charge in [0.25, 0.3) is 0 Å². The largest absolute Gasteiger partial charge is 0.294 e. The Bertz CT molecular complexity index is 596. The highest BCUT2D eigenvalue weighted by Gasteiger charge is 2.09. The molecule has 0 spiro atoms. The van der Waals surface area contributed by atoms with Gasteiger partial charge in [-0.1, -0.05) is 53.6 Å². The van der Waals surface area contributed by atoms with Gasteiger partial charge in [0.05, 0.1) is 0 Å². The first kappa shape index (κ1) is 13.5. The number of rotatable bonds is 4. The molecule has 0 aliphatic rings. The van der Waals surface area contributed by atoms with Crippen LogP contribution in [0.1, 0.15) is 39.0 Å². The van der Waals surface area contributed by atoms with Crippen molar-refractivity contribution in [3.63, 3.8) is 0 Å². The molecule has 2 aromatic carbocycles. The molecule has 0 radical (unpaired) electrons. The van der Waals surface area contributed by atoms with Gasteiger partial charge in [0, 0.05) is 12.0 Å². The maximum absolute atomic E-state index is 12.2. The van der Waals surface area contributed by atoms with Crippen LogP contribution in [0.4, 0.5) is 0 Å². The second-order valence-corrected chi connectivity index (χ2v) is 5.23. The number of benzene rings is 2. The summed E-state index contributed by atoms with van der Waals surface area (Å²) in [6.45, 7) is 6.14. The molecule has 2 rings (SSSR count). The van der Waals surface area contributed by atoms with E-state index in [-0.39, 0.29) is 5.78 Å². The molecule has 0 bridgehead atoms. The summed E-state index contributed by atoms with van der Waals surface area (Å²) in [7, 11) is 0. The number of ketones is 1. The zero-order chi connectivity index (χ0) is 13.8. The van der Waals surface area contributed by atoms with Crippen LogP contribution in [0, 0.1) is 20.8 Å². The first-order chi connectivity index (χ1) is 9.06. The number of carbonyl (C=O) groups is 1. The smallest absolute Gasteiger partial charge is 0.163 e. The van der Waals surface area contributed by atoms with Crippen molar-refractivity contribution < 1.29 is 4.79 Å². The van der Waals surface area contributed by atoms with Gasteiger partial charge in [-0.05, 0) is 38.3 Å². The van der Waals surface area contributed by atoms with Crippen molar-refractivity contribution in [2.75, 3.05) is 0 Å². The van der Waals surface area contributed by atoms with Crippen LogP contribution in [0.3, 0.4) is 0 Å². The van der Waals surface area contributed by atoms with E-state index >= 15 is 0 Å². The number of hydrogen-bond acceptors (Lipinski definition) is 1. The minimum atomic E-state index is 0.235. The lowest BCUT2D eigenvalue weighted by Crippen LogP contribution is -2.03. The average Bonchev–Trinajstić information content (AvgIpc) is 2.36. The second kappa shape index (κ2) is 5.83. The van der Waals surface area contributed by atoms with Crippen LogP contribution in [0.15, 0.2) is 42.5 Å². The summed E-state index contributed by atoms with van der Waals surface area (Å²) in [6.07, 6.45) is 1.39. The predicted octanol–water partition coefficient (Wildman–Crippen LogP) is 4.43. The Hall–Kier alpha value is -1.89. The van der Waals surface area contributed by atoms with Crippen LogP contribution in [0.2, 0.25) is 0 Å². The Balaban J connectivity index is 2.05. The minimum absolute atomic E-state index is 0.235. The Morgan fingerprint density at radius 3 is 2.37 bits per heavy atom. The van der Waals surface area contributed by atoms with Gasteiger partial charge in [-0.15, -0.1) is 0 Å². The molecule has 1 heteroatoms. The molecule has 0 atom stereocenters. The number of carbonyl (C=O) groups excluding carboxylic acids is 1. The van der Waals surface area contributed by atoms with Crippen molar-refractivity contribution in [1.29, 1.82) is 0 Å². The lowest BCUT2D eigenvalue weighted by Gasteiger charge is -2.06. The molecule has 0 aliphatic carbocycles. The lowest BCUT2D eigenvalue weighted by atomic mass is 9.97. The summed E-state index contributed by atoms with van der Waals surface area (Å²) in [5.41, 5.74) is 5.62. The zero-order valence-electron chi connectivity index (χ0n) is 11.9. The van der Waals surface area contributed by atoms with Gasteiger partial charge >= 0.3 is 0 Å². The van der Waals surface area contributed by atoms with E-state index in [0.717, 1.165) is 17.5 Å². The third-order valence-electron chi connectivity index (χ3n) is 3.41. The first-order valence-corrected chi connectivity index (χ1v) is 6.72. The highest BCUT2D eigenvalue weighted by Crippen LogP contribution is 2.15. The first-order valence-electron chi connectivity index (χ1n) is 6.72. The highest BCUT2D eigenvalue weighted by molar-refractivity contribution is 5.97. The predicted molar refractivity (Wildman–Crippen MR) is 79.7 cm³/mol. The van der Waals surface area contributed by atoms with Crippen molar-refractivity contribution in [2.45, 2.75) is 33.6 Å². The number of aryl methyl sites for hydroxylation is 4. The molecule has 98 valence electrons. The molecular formula is C18H20O. The van der Waals surface area contributed by atoms with Gasteiger partial charge in [0.1, 0.15) is 0 Å². The van der Waals surface area contributed by atoms with E-state index in [9.17, 15) is 4.79 Å². The molecule has 0 aromatic heterocycles. The van der Waals surface area contributed by atoms with Crippen LogP contribution < -0.4 is 0 Å². The normalized spacial score (nSPS) is 10.5. The topological polar surface area (TPSA) is 17.1 Å². The summed E-state index contributed by atoms with van der Waals surface area (Å²) in [5, 5.41) is 0. The van der Waals surface area contributed by atoms with Crippen molar-refractivity contribution in [3.8, 4) is 0 Å². The molecule has 0 unspecified atom stereocenters. The van der Waals surface area contributed by atoms with Crippen LogP contribution >= 0.6 is 0 Å². The molecule has 0 N–H and O–H groups in total. The monoisotopic (exact) mass is 252 g/mol. The molecule has 1 nitrogen and oxygen atoms in total. The molecule has 0 amide bonds. The number of hydrogen-bond donors (Lipinski definition) is 0. The highest BCUT2D eigenvalue weighted by atomic mass is 16.1. The van der Waals surface area contributed by atoms with Gasteiger partial charge in [0.15, 0.2) is 5.78 Å². The Morgan fingerprint density at radius 2 is 1.68 bits per heavy atom. The Morgan fingerprint density at radius 1 is 0.947 bits per heavy atom. The van der Waals surface area contributed by atoms with Gasteiger partial charge in [-0.3, -0.25) is 4.79 Å². The Labute approximate surface area is 115 Å². The van der Waals surface area contributed by atoms with Gasteiger partial charge < -0.3 is 0 Å². The van der Waals surface area contributed by atoms with E-state index in [4.69, 9.17) is 0 Å². The quantitative estimate of drug-likeness (QED) is 0.736. The summed E-state index contributed by atoms with van der Waals surface area (Å²) in [5.74, 6) is 0.235. The standard InChI is InChI=1S/C18H20O/c1-13-5-4-6-16(12-13)8-10-18(19)17-9-7-14(2)11-15(17)3/h4-7,9,11-12H,8,10H2,1-3H3. The Kier molecular flexibility index (Phi) is 4.16. The van der Waals surface area contributed by atoms with Crippen molar-refractivity contribution in [2.24, 2.45) is 0 Å². The van der Waals surface area contributed by atoms with Gasteiger partial charge in [-0.2, -0.15) is 0 Å². The van der Waals surface area contributed by atoms with E-state index in [1.54, 1.807) is 0 Å². The van der Waals surface area contributed by atoms with E-state index in [1.807, 2.05) is 32.0 Å². The SMILES string of the molecule is Cc1cccc(CCC(=O)c2ccc(C)cc2C)c1. The fourth-order valence-corrected chi connectivity index (χ4v) is 2.39. The molecular weight excluding hydrogens is 232 g/mol. The maximum Gasteiger partial charge on any atom is 0.163 e. The third-order valence-corrected chi connectivity index (χ3v) is 3.41. The lowest BCUT2D eigenvalue weighted by molar-refractivity contribution is 0.0982. The molecule has 0 saturated carbocycles. The second-order valence-electron chi connectivity index (χ2n) is 5.23. The van der Waals surface area contributed by atoms with Crippen LogP contribution in [-0.4, -0.2) is 5.78 Å². The van der Waals surface area contributed by atoms with Crippen molar-refractivity contribution >= 4 is 5.78 Å². The number of Topliss-reactive ketones (excluding diaryl/α,β-unsaturated/α-hetero) is 1. The van der Waals surface area contributed by atoms with Crippen LogP contribution in [-0.2, 0) is 6.42 Å². The van der Waals surface area contributed by atoms with Crippen LogP contribution in [0.5, 0.6) is 0 Å². The summed E-state index contributed by atoms with van der Waals surface area (Å²) in [6, 6.07) is 14.4. The van der Waals surface area contributed by atoms with Gasteiger partial charge in [0.2, 0.25) is 0 Å². The average molecular weight is 252 g/mol. The molecule has 0 aliphatic heterocycles. The van der Waals surface area contributed by atoms with E-state index in [1.165, 1.54) is 16.7 Å². The van der Waals surface area contributed by atoms with Crippen molar-refractivity contribution in [1.82, 2.24) is 0 Å². The third kappa shape index (κ3) is 3.54. The van der Waals surface area contributed by atoms with E-state index < -0.39 is 0 Å². The zero-order valence-corrected chi connectivity index (χ0v) is 11.9. The molecule has 0 saturated heterocycles. The van der Waals surface area contributed by atoms with E-state index in [2.05, 4.69) is 31.2 Å². The summed E-state index contributed by atoms with van der Waals surface area (Å²) < 4.78 is 0.